The summed E-state index contributed by atoms with van der Waals surface area (Å²) in [5.41, 5.74) is 1.80. The van der Waals surface area contributed by atoms with Gasteiger partial charge in [-0.05, 0) is 47.9 Å². The van der Waals surface area contributed by atoms with Gasteiger partial charge < -0.3 is 14.3 Å². The van der Waals surface area contributed by atoms with Crippen LogP contribution in [0.1, 0.15) is 35.6 Å². The van der Waals surface area contributed by atoms with Crippen LogP contribution in [0.2, 0.25) is 0 Å². The first-order chi connectivity index (χ1) is 16.7. The van der Waals surface area contributed by atoms with E-state index in [9.17, 15) is 18.3 Å². The second-order valence-electron chi connectivity index (χ2n) is 9.96. The van der Waals surface area contributed by atoms with Gasteiger partial charge in [0, 0.05) is 35.9 Å². The zero-order valence-corrected chi connectivity index (χ0v) is 19.7. The molecular formula is C28H30F3N2O2+. The number of benzene rings is 2. The van der Waals surface area contributed by atoms with Crippen molar-refractivity contribution in [1.82, 2.24) is 4.98 Å². The molecule has 5 atom stereocenters. The molecule has 0 unspecified atom stereocenters. The van der Waals surface area contributed by atoms with Crippen LogP contribution in [0.25, 0.3) is 10.9 Å². The maximum atomic E-state index is 13.1. The second kappa shape index (κ2) is 8.95. The van der Waals surface area contributed by atoms with Crippen molar-refractivity contribution in [3.8, 4) is 5.75 Å². The normalized spacial score (nSPS) is 27.1. The lowest BCUT2D eigenvalue weighted by Gasteiger charge is -2.58. The van der Waals surface area contributed by atoms with Crippen molar-refractivity contribution in [3.63, 3.8) is 0 Å². The second-order valence-corrected chi connectivity index (χ2v) is 9.96. The minimum atomic E-state index is -4.36. The van der Waals surface area contributed by atoms with Crippen LogP contribution in [0.4, 0.5) is 13.2 Å². The molecule has 4 heterocycles. The summed E-state index contributed by atoms with van der Waals surface area (Å²) in [6, 6.07) is 12.9. The van der Waals surface area contributed by atoms with E-state index in [-0.39, 0.29) is 6.04 Å². The molecule has 6 rings (SSSR count). The summed E-state index contributed by atoms with van der Waals surface area (Å²) in [5, 5.41) is 12.7. The number of fused-ring (bicyclic) bond motifs is 4. The lowest BCUT2D eigenvalue weighted by atomic mass is 9.71. The number of rotatable bonds is 6. The number of quaternary nitrogens is 1. The first-order valence-corrected chi connectivity index (χ1v) is 12.0. The molecule has 0 saturated carbocycles. The van der Waals surface area contributed by atoms with Crippen LogP contribution in [0, 0.1) is 11.8 Å². The molecular weight excluding hydrogens is 453 g/mol. The topological polar surface area (TPSA) is 42.4 Å². The number of aromatic nitrogens is 1. The quantitative estimate of drug-likeness (QED) is 0.350. The van der Waals surface area contributed by atoms with E-state index in [1.54, 1.807) is 25.4 Å². The van der Waals surface area contributed by atoms with E-state index in [1.165, 1.54) is 0 Å². The van der Waals surface area contributed by atoms with Gasteiger partial charge in [0.25, 0.3) is 0 Å². The predicted molar refractivity (Wildman–Crippen MR) is 129 cm³/mol. The fraction of sp³-hybridized carbons (Fsp3) is 0.393. The van der Waals surface area contributed by atoms with Crippen molar-refractivity contribution in [1.29, 1.82) is 0 Å². The van der Waals surface area contributed by atoms with E-state index in [0.29, 0.717) is 28.6 Å². The van der Waals surface area contributed by atoms with Crippen molar-refractivity contribution in [2.24, 2.45) is 11.8 Å². The van der Waals surface area contributed by atoms with Crippen molar-refractivity contribution >= 4 is 10.9 Å². The van der Waals surface area contributed by atoms with Crippen molar-refractivity contribution in [2.45, 2.75) is 37.7 Å². The zero-order valence-electron chi connectivity index (χ0n) is 19.7. The summed E-state index contributed by atoms with van der Waals surface area (Å²) in [4.78, 5) is 4.45. The van der Waals surface area contributed by atoms with Crippen LogP contribution in [0.5, 0.6) is 5.75 Å². The number of pyridine rings is 1. The van der Waals surface area contributed by atoms with Gasteiger partial charge in [-0.1, -0.05) is 18.2 Å². The van der Waals surface area contributed by atoms with E-state index in [1.807, 2.05) is 30.3 Å². The third-order valence-corrected chi connectivity index (χ3v) is 8.12. The molecule has 3 saturated heterocycles. The standard InChI is InChI=1S/C28H30F3N2O2/c1-3-19-17-33(16-18-4-6-21(7-5-18)28(29,30)31)13-11-20(19)14-26(33)27(34)23-10-12-32-25-9-8-22(35-2)15-24(23)25/h3-10,12,15,19-20,26-27,34H,1,11,13-14,16-17H2,2H3/q+1/t19-,20-,26-,27+,33+/m0/s1. The lowest BCUT2D eigenvalue weighted by molar-refractivity contribution is -0.984. The highest BCUT2D eigenvalue weighted by Crippen LogP contribution is 2.48. The lowest BCUT2D eigenvalue weighted by Crippen LogP contribution is -2.67. The Kier molecular flexibility index (Phi) is 6.09. The molecule has 0 amide bonds. The van der Waals surface area contributed by atoms with Crippen molar-refractivity contribution in [2.75, 3.05) is 20.2 Å². The Morgan fingerprint density at radius 1 is 1.20 bits per heavy atom. The van der Waals surface area contributed by atoms with Gasteiger partial charge in [-0.25, -0.2) is 0 Å². The van der Waals surface area contributed by atoms with Crippen LogP contribution < -0.4 is 4.74 Å². The first kappa shape index (κ1) is 23.8. The van der Waals surface area contributed by atoms with Crippen LogP contribution in [0.3, 0.4) is 0 Å². The summed E-state index contributed by atoms with van der Waals surface area (Å²) in [6.45, 7) is 6.32. The molecule has 2 bridgehead atoms. The van der Waals surface area contributed by atoms with Gasteiger partial charge in [0.05, 0.1) is 31.3 Å². The van der Waals surface area contributed by atoms with E-state index in [4.69, 9.17) is 4.74 Å². The molecule has 1 N–H and O–H groups in total. The summed E-state index contributed by atoms with van der Waals surface area (Å²) in [6.07, 6.45) is 0.494. The van der Waals surface area contributed by atoms with E-state index in [2.05, 4.69) is 11.6 Å². The van der Waals surface area contributed by atoms with Gasteiger partial charge in [0.1, 0.15) is 24.4 Å². The summed E-state index contributed by atoms with van der Waals surface area (Å²) >= 11 is 0. The first-order valence-electron chi connectivity index (χ1n) is 12.0. The fourth-order valence-electron chi connectivity index (χ4n) is 6.28. The molecule has 0 spiro atoms. The van der Waals surface area contributed by atoms with E-state index < -0.39 is 17.8 Å². The number of methoxy groups -OCH3 is 1. The fourth-order valence-corrected chi connectivity index (χ4v) is 6.28. The third-order valence-electron chi connectivity index (χ3n) is 8.12. The molecule has 0 radical (unpaired) electrons. The average molecular weight is 484 g/mol. The number of aliphatic hydroxyl groups is 1. The number of aliphatic hydroxyl groups excluding tert-OH is 1. The Hall–Kier alpha value is -2.90. The van der Waals surface area contributed by atoms with Gasteiger partial charge in [0.2, 0.25) is 0 Å². The minimum absolute atomic E-state index is 0.0796. The Morgan fingerprint density at radius 2 is 1.97 bits per heavy atom. The average Bonchev–Trinajstić information content (AvgIpc) is 2.87. The van der Waals surface area contributed by atoms with Gasteiger partial charge in [0.15, 0.2) is 0 Å². The largest absolute Gasteiger partial charge is 0.497 e. The predicted octanol–water partition coefficient (Wildman–Crippen LogP) is 5.91. The van der Waals surface area contributed by atoms with Gasteiger partial charge in [-0.2, -0.15) is 13.2 Å². The molecule has 3 fully saturated rings. The molecule has 184 valence electrons. The molecule has 2 aromatic carbocycles. The highest BCUT2D eigenvalue weighted by Gasteiger charge is 2.54. The number of hydrogen-bond acceptors (Lipinski definition) is 3. The molecule has 0 aliphatic carbocycles. The molecule has 3 aromatic rings. The summed E-state index contributed by atoms with van der Waals surface area (Å²) in [5.74, 6) is 1.48. The zero-order chi connectivity index (χ0) is 24.8. The monoisotopic (exact) mass is 483 g/mol. The molecule has 7 heteroatoms. The Bertz CT molecular complexity index is 1230. The summed E-state index contributed by atoms with van der Waals surface area (Å²) in [7, 11) is 1.61. The number of ether oxygens (including phenoxy) is 1. The Labute approximate surface area is 203 Å². The number of hydrogen-bond donors (Lipinski definition) is 1. The maximum absolute atomic E-state index is 13.1. The SMILES string of the molecule is C=C[C@H]1C[N@+]2(Cc3ccc(C(F)(F)F)cc3)CC[C@H]1C[C@H]2[C@H](O)c1ccnc2ccc(OC)cc12. The van der Waals surface area contributed by atoms with Gasteiger partial charge in [-0.15, -0.1) is 6.58 Å². The van der Waals surface area contributed by atoms with Crippen LogP contribution in [0.15, 0.2) is 67.4 Å². The van der Waals surface area contributed by atoms with Crippen molar-refractivity contribution < 1.29 is 27.5 Å². The maximum Gasteiger partial charge on any atom is 0.416 e. The minimum Gasteiger partial charge on any atom is -0.497 e. The molecule has 3 aliphatic rings. The van der Waals surface area contributed by atoms with E-state index >= 15 is 0 Å². The molecule has 1 aromatic heterocycles. The van der Waals surface area contributed by atoms with Crippen LogP contribution in [-0.4, -0.2) is 40.8 Å². The number of piperidine rings is 3. The summed E-state index contributed by atoms with van der Waals surface area (Å²) < 4.78 is 45.3. The molecule has 3 aliphatic heterocycles. The van der Waals surface area contributed by atoms with E-state index in [0.717, 1.165) is 60.1 Å². The van der Waals surface area contributed by atoms with Gasteiger partial charge in [-0.3, -0.25) is 4.98 Å². The smallest absolute Gasteiger partial charge is 0.416 e. The third kappa shape index (κ3) is 4.32. The van der Waals surface area contributed by atoms with Gasteiger partial charge >= 0.3 is 6.18 Å². The highest BCUT2D eigenvalue weighted by molar-refractivity contribution is 5.83. The highest BCUT2D eigenvalue weighted by atomic mass is 19.4. The Morgan fingerprint density at radius 3 is 2.66 bits per heavy atom. The van der Waals surface area contributed by atoms with Crippen LogP contribution in [-0.2, 0) is 12.7 Å². The molecule has 4 nitrogen and oxygen atoms in total. The van der Waals surface area contributed by atoms with Crippen molar-refractivity contribution in [3.05, 3.63) is 84.1 Å². The number of nitrogens with zero attached hydrogens (tertiary/aromatic N) is 2. The Balaban J connectivity index is 1.52. The number of halogens is 3. The number of alkyl halides is 3. The van der Waals surface area contributed by atoms with Crippen LogP contribution >= 0.6 is 0 Å². The molecule has 35 heavy (non-hydrogen) atoms.